The molecule has 1 aromatic heterocycles. The molecule has 0 saturated carbocycles. The summed E-state index contributed by atoms with van der Waals surface area (Å²) in [7, 11) is -3.73. The topological polar surface area (TPSA) is 56.3 Å². The van der Waals surface area contributed by atoms with Gasteiger partial charge in [-0.15, -0.1) is 0 Å². The van der Waals surface area contributed by atoms with E-state index in [9.17, 15) is 13.6 Å². The van der Waals surface area contributed by atoms with Gasteiger partial charge in [-0.2, -0.15) is 0 Å². The van der Waals surface area contributed by atoms with Gasteiger partial charge in [0.05, 0.1) is 6.61 Å². The highest BCUT2D eigenvalue weighted by Crippen LogP contribution is 2.45. The van der Waals surface area contributed by atoms with Crippen molar-refractivity contribution in [2.45, 2.75) is 19.8 Å². The molecule has 35 heavy (non-hydrogen) atoms. The van der Waals surface area contributed by atoms with Crippen molar-refractivity contribution in [1.29, 1.82) is 0 Å². The highest BCUT2D eigenvalue weighted by atomic mass is 31.2. The number of hydrogen-bond acceptors (Lipinski definition) is 4. The van der Waals surface area contributed by atoms with Crippen molar-refractivity contribution in [2.24, 2.45) is 0 Å². The fourth-order valence-corrected chi connectivity index (χ4v) is 6.73. The molecule has 1 unspecified atom stereocenters. The maximum absolute atomic E-state index is 15.1. The Balaban J connectivity index is 1.92. The van der Waals surface area contributed by atoms with Crippen LogP contribution in [0.15, 0.2) is 85.1 Å². The third-order valence-electron chi connectivity index (χ3n) is 5.61. The zero-order valence-corrected chi connectivity index (χ0v) is 20.1. The Hall–Kier alpha value is -3.63. The molecule has 3 aromatic carbocycles. The molecular formula is C28H24F2NO3P. The van der Waals surface area contributed by atoms with E-state index in [0.717, 1.165) is 18.2 Å². The second kappa shape index (κ2) is 10.7. The Bertz CT molecular complexity index is 1430. The van der Waals surface area contributed by atoms with Crippen molar-refractivity contribution in [3.8, 4) is 0 Å². The molecule has 0 bridgehead atoms. The standard InChI is InChI=1S/C28H24F2NO3P/c1-2-3-18-34-27(32)15-8-21-19-23(30)11-14-26(21)35(33,24-12-9-22(29)10-13-24)28-25-7-5-4-6-20(25)16-17-31-28/h4-17,19H,2-3,18H2,1H3. The lowest BCUT2D eigenvalue weighted by Crippen LogP contribution is -2.29. The largest absolute Gasteiger partial charge is 0.463 e. The zero-order chi connectivity index (χ0) is 24.8. The van der Waals surface area contributed by atoms with E-state index in [1.54, 1.807) is 6.20 Å². The van der Waals surface area contributed by atoms with Crippen LogP contribution in [0.4, 0.5) is 8.78 Å². The fraction of sp³-hybridized carbons (Fsp3) is 0.143. The van der Waals surface area contributed by atoms with E-state index in [1.807, 2.05) is 37.3 Å². The maximum Gasteiger partial charge on any atom is 0.330 e. The minimum atomic E-state index is -3.73. The van der Waals surface area contributed by atoms with Crippen LogP contribution in [-0.4, -0.2) is 17.6 Å². The van der Waals surface area contributed by atoms with Crippen molar-refractivity contribution in [2.75, 3.05) is 6.61 Å². The summed E-state index contributed by atoms with van der Waals surface area (Å²) in [6.45, 7) is 2.26. The lowest BCUT2D eigenvalue weighted by Gasteiger charge is -2.22. The number of ether oxygens (including phenoxy) is 1. The predicted octanol–water partition coefficient (Wildman–Crippen LogP) is 5.51. The number of carbonyl (C=O) groups excluding carboxylic acids is 1. The van der Waals surface area contributed by atoms with E-state index < -0.39 is 24.7 Å². The molecule has 0 radical (unpaired) electrons. The minimum Gasteiger partial charge on any atom is -0.463 e. The monoisotopic (exact) mass is 491 g/mol. The summed E-state index contributed by atoms with van der Waals surface area (Å²) in [5.74, 6) is -1.60. The molecule has 7 heteroatoms. The Morgan fingerprint density at radius 1 is 1.00 bits per heavy atom. The second-order valence-corrected chi connectivity index (χ2v) is 10.6. The Labute approximate surface area is 202 Å². The Morgan fingerprint density at radius 2 is 1.74 bits per heavy atom. The first kappa shape index (κ1) is 24.5. The number of unbranched alkanes of at least 4 members (excludes halogenated alkanes) is 1. The van der Waals surface area contributed by atoms with Gasteiger partial charge in [-0.3, -0.25) is 4.98 Å². The van der Waals surface area contributed by atoms with Crippen LogP contribution in [0.3, 0.4) is 0 Å². The molecule has 0 aliphatic rings. The van der Waals surface area contributed by atoms with Crippen LogP contribution in [-0.2, 0) is 14.1 Å². The van der Waals surface area contributed by atoms with E-state index in [2.05, 4.69) is 4.98 Å². The van der Waals surface area contributed by atoms with Gasteiger partial charge in [0.25, 0.3) is 0 Å². The third-order valence-corrected chi connectivity index (χ3v) is 8.68. The first-order valence-electron chi connectivity index (χ1n) is 11.3. The van der Waals surface area contributed by atoms with Crippen LogP contribution in [0.5, 0.6) is 0 Å². The molecule has 0 aliphatic heterocycles. The van der Waals surface area contributed by atoms with Crippen molar-refractivity contribution < 1.29 is 22.9 Å². The van der Waals surface area contributed by atoms with Crippen LogP contribution in [0.25, 0.3) is 16.8 Å². The lowest BCUT2D eigenvalue weighted by atomic mass is 10.2. The van der Waals surface area contributed by atoms with Crippen LogP contribution in [0.1, 0.15) is 25.3 Å². The highest BCUT2D eigenvalue weighted by Gasteiger charge is 2.35. The van der Waals surface area contributed by atoms with Gasteiger partial charge in [0, 0.05) is 28.3 Å². The van der Waals surface area contributed by atoms with Gasteiger partial charge in [-0.05, 0) is 72.0 Å². The van der Waals surface area contributed by atoms with Crippen LogP contribution in [0.2, 0.25) is 0 Å². The van der Waals surface area contributed by atoms with Crippen LogP contribution in [0, 0.1) is 11.6 Å². The van der Waals surface area contributed by atoms with E-state index in [-0.39, 0.29) is 17.5 Å². The summed E-state index contributed by atoms with van der Waals surface area (Å²) in [6, 6.07) is 18.4. The minimum absolute atomic E-state index is 0.250. The number of pyridine rings is 1. The molecule has 0 spiro atoms. The molecule has 4 aromatic rings. The van der Waals surface area contributed by atoms with Gasteiger partial charge >= 0.3 is 5.97 Å². The summed E-state index contributed by atoms with van der Waals surface area (Å²) in [5.41, 5.74) is 0.550. The maximum atomic E-state index is 15.1. The fourth-order valence-electron chi connectivity index (χ4n) is 3.85. The van der Waals surface area contributed by atoms with E-state index in [1.165, 1.54) is 54.6 Å². The van der Waals surface area contributed by atoms with Gasteiger partial charge in [-0.25, -0.2) is 13.6 Å². The van der Waals surface area contributed by atoms with E-state index >= 15 is 4.57 Å². The lowest BCUT2D eigenvalue weighted by molar-refractivity contribution is -0.137. The summed E-state index contributed by atoms with van der Waals surface area (Å²) < 4.78 is 48.3. The molecule has 4 nitrogen and oxygen atoms in total. The summed E-state index contributed by atoms with van der Waals surface area (Å²) >= 11 is 0. The number of hydrogen-bond donors (Lipinski definition) is 0. The number of carbonyl (C=O) groups is 1. The summed E-state index contributed by atoms with van der Waals surface area (Å²) in [6.07, 6.45) is 5.77. The predicted molar refractivity (Wildman–Crippen MR) is 136 cm³/mol. The van der Waals surface area contributed by atoms with Gasteiger partial charge in [0.2, 0.25) is 0 Å². The van der Waals surface area contributed by atoms with Gasteiger partial charge in [-0.1, -0.05) is 37.6 Å². The quantitative estimate of drug-likeness (QED) is 0.141. The first-order valence-corrected chi connectivity index (χ1v) is 13.0. The molecule has 0 amide bonds. The average Bonchev–Trinajstić information content (AvgIpc) is 2.87. The van der Waals surface area contributed by atoms with E-state index in [0.29, 0.717) is 16.1 Å². The smallest absolute Gasteiger partial charge is 0.330 e. The SMILES string of the molecule is CCCCOC(=O)C=Cc1cc(F)ccc1P(=O)(c1ccc(F)cc1)c1nccc2ccccc12. The number of aromatic nitrogens is 1. The number of nitrogens with zero attached hydrogens (tertiary/aromatic N) is 1. The van der Waals surface area contributed by atoms with Crippen LogP contribution < -0.4 is 16.0 Å². The molecule has 0 fully saturated rings. The van der Waals surface area contributed by atoms with Crippen molar-refractivity contribution in [3.63, 3.8) is 0 Å². The number of fused-ring (bicyclic) bond motifs is 1. The molecule has 178 valence electrons. The molecule has 0 saturated heterocycles. The second-order valence-electron chi connectivity index (χ2n) is 8.00. The van der Waals surface area contributed by atoms with Crippen molar-refractivity contribution in [1.82, 2.24) is 4.98 Å². The Kier molecular flexibility index (Phi) is 7.52. The molecule has 1 atom stereocenters. The van der Waals surface area contributed by atoms with Gasteiger partial charge < -0.3 is 9.30 Å². The van der Waals surface area contributed by atoms with Gasteiger partial charge in [0.1, 0.15) is 17.1 Å². The number of halogens is 2. The third kappa shape index (κ3) is 5.23. The van der Waals surface area contributed by atoms with E-state index in [4.69, 9.17) is 4.74 Å². The number of benzene rings is 3. The van der Waals surface area contributed by atoms with Crippen molar-refractivity contribution >= 4 is 46.0 Å². The normalized spacial score (nSPS) is 13.1. The van der Waals surface area contributed by atoms with Crippen LogP contribution >= 0.6 is 7.14 Å². The average molecular weight is 491 g/mol. The molecule has 4 rings (SSSR count). The summed E-state index contributed by atoms with van der Waals surface area (Å²) in [4.78, 5) is 16.7. The van der Waals surface area contributed by atoms with Gasteiger partial charge in [0.15, 0.2) is 7.14 Å². The molecule has 0 N–H and O–H groups in total. The number of esters is 1. The Morgan fingerprint density at radius 3 is 2.51 bits per heavy atom. The zero-order valence-electron chi connectivity index (χ0n) is 19.2. The number of rotatable bonds is 8. The molecule has 0 aliphatic carbocycles. The molecular weight excluding hydrogens is 467 g/mol. The first-order chi connectivity index (χ1) is 16.9. The molecule has 1 heterocycles. The van der Waals surface area contributed by atoms with Crippen molar-refractivity contribution in [3.05, 3.63) is 102 Å². The summed E-state index contributed by atoms with van der Waals surface area (Å²) in [5, 5.41) is 2.13. The highest BCUT2D eigenvalue weighted by molar-refractivity contribution is 7.85.